The average molecular weight is 243 g/mol. The van der Waals surface area contributed by atoms with Crippen molar-refractivity contribution in [2.45, 2.75) is 0 Å². The first kappa shape index (κ1) is 12.1. The summed E-state index contributed by atoms with van der Waals surface area (Å²) >= 11 is 0. The van der Waals surface area contributed by atoms with Crippen LogP contribution in [-0.4, -0.2) is 24.7 Å². The van der Waals surface area contributed by atoms with Crippen molar-refractivity contribution in [2.24, 2.45) is 0 Å². The van der Waals surface area contributed by atoms with Gasteiger partial charge < -0.3 is 9.47 Å². The van der Waals surface area contributed by atoms with E-state index >= 15 is 0 Å². The molecule has 4 nitrogen and oxygen atoms in total. The van der Waals surface area contributed by atoms with Gasteiger partial charge in [-0.25, -0.2) is 4.79 Å². The number of aromatic nitrogens is 1. The number of esters is 1. The van der Waals surface area contributed by atoms with E-state index < -0.39 is 5.97 Å². The summed E-state index contributed by atoms with van der Waals surface area (Å²) in [6.45, 7) is -0.103. The highest BCUT2D eigenvalue weighted by Crippen LogP contribution is 2.28. The van der Waals surface area contributed by atoms with E-state index in [-0.39, 0.29) is 6.61 Å². The van der Waals surface area contributed by atoms with Gasteiger partial charge in [-0.15, -0.1) is 0 Å². The summed E-state index contributed by atoms with van der Waals surface area (Å²) in [7, 11) is 1.33. The van der Waals surface area contributed by atoms with Crippen LogP contribution < -0.4 is 4.74 Å². The molecule has 0 amide bonds. The highest BCUT2D eigenvalue weighted by molar-refractivity contribution is 5.73. The highest BCUT2D eigenvalue weighted by Gasteiger charge is 2.07. The standard InChI is InChI=1S/C14H13NO3/c1-17-14(16)10-18-13-7-3-2-6-12(13)11-5-4-8-15-9-11/h2-9H,10H2,1H3. The Morgan fingerprint density at radius 2 is 2.06 bits per heavy atom. The third kappa shape index (κ3) is 2.85. The van der Waals surface area contributed by atoms with Gasteiger partial charge in [-0.2, -0.15) is 0 Å². The van der Waals surface area contributed by atoms with Crippen molar-refractivity contribution in [1.29, 1.82) is 0 Å². The van der Waals surface area contributed by atoms with Crippen LogP contribution in [0.5, 0.6) is 5.75 Å². The third-order valence-electron chi connectivity index (χ3n) is 2.43. The molecule has 0 aliphatic rings. The number of rotatable bonds is 4. The molecule has 0 fully saturated rings. The summed E-state index contributed by atoms with van der Waals surface area (Å²) in [5.74, 6) is 0.229. The topological polar surface area (TPSA) is 48.4 Å². The molecule has 0 unspecified atom stereocenters. The average Bonchev–Trinajstić information content (AvgIpc) is 2.46. The molecule has 0 bridgehead atoms. The molecule has 1 heterocycles. The highest BCUT2D eigenvalue weighted by atomic mass is 16.6. The Labute approximate surface area is 105 Å². The molecule has 92 valence electrons. The molecule has 0 aliphatic heterocycles. The van der Waals surface area contributed by atoms with Crippen LogP contribution >= 0.6 is 0 Å². The molecular formula is C14H13NO3. The number of carbonyl (C=O) groups excluding carboxylic acids is 1. The predicted octanol–water partition coefficient (Wildman–Crippen LogP) is 2.30. The number of para-hydroxylation sites is 1. The van der Waals surface area contributed by atoms with E-state index in [9.17, 15) is 4.79 Å². The number of hydrogen-bond donors (Lipinski definition) is 0. The quantitative estimate of drug-likeness (QED) is 0.773. The molecule has 0 N–H and O–H groups in total. The summed E-state index contributed by atoms with van der Waals surface area (Å²) in [6, 6.07) is 11.3. The molecule has 1 aromatic carbocycles. The summed E-state index contributed by atoms with van der Waals surface area (Å²) in [4.78, 5) is 15.1. The number of ether oxygens (including phenoxy) is 2. The van der Waals surface area contributed by atoms with Gasteiger partial charge in [0.2, 0.25) is 0 Å². The van der Waals surface area contributed by atoms with E-state index in [1.807, 2.05) is 36.4 Å². The van der Waals surface area contributed by atoms with Crippen LogP contribution in [0.4, 0.5) is 0 Å². The zero-order valence-electron chi connectivity index (χ0n) is 10.00. The van der Waals surface area contributed by atoms with Crippen molar-refractivity contribution in [3.63, 3.8) is 0 Å². The lowest BCUT2D eigenvalue weighted by Crippen LogP contribution is -2.12. The molecule has 0 spiro atoms. The lowest BCUT2D eigenvalue weighted by Gasteiger charge is -2.10. The van der Waals surface area contributed by atoms with Gasteiger partial charge in [0.1, 0.15) is 5.75 Å². The lowest BCUT2D eigenvalue weighted by atomic mass is 10.1. The predicted molar refractivity (Wildman–Crippen MR) is 67.2 cm³/mol. The van der Waals surface area contributed by atoms with Gasteiger partial charge in [0.25, 0.3) is 0 Å². The fourth-order valence-electron chi connectivity index (χ4n) is 1.55. The molecule has 0 aliphatic carbocycles. The number of carbonyl (C=O) groups is 1. The van der Waals surface area contributed by atoms with Gasteiger partial charge in [-0.1, -0.05) is 24.3 Å². The third-order valence-corrected chi connectivity index (χ3v) is 2.43. The van der Waals surface area contributed by atoms with E-state index in [1.54, 1.807) is 12.4 Å². The zero-order valence-corrected chi connectivity index (χ0v) is 10.00. The van der Waals surface area contributed by atoms with E-state index in [2.05, 4.69) is 9.72 Å². The molecule has 2 rings (SSSR count). The van der Waals surface area contributed by atoms with Crippen LogP contribution in [0, 0.1) is 0 Å². The first-order chi connectivity index (χ1) is 8.81. The first-order valence-corrected chi connectivity index (χ1v) is 5.50. The minimum Gasteiger partial charge on any atom is -0.481 e. The molecule has 18 heavy (non-hydrogen) atoms. The van der Waals surface area contributed by atoms with Gasteiger partial charge >= 0.3 is 5.97 Å². The first-order valence-electron chi connectivity index (χ1n) is 5.50. The molecule has 0 atom stereocenters. The van der Waals surface area contributed by atoms with Gasteiger partial charge in [0.15, 0.2) is 6.61 Å². The Morgan fingerprint density at radius 3 is 2.78 bits per heavy atom. The normalized spacial score (nSPS) is 9.83. The summed E-state index contributed by atoms with van der Waals surface area (Å²) in [5.41, 5.74) is 1.84. The van der Waals surface area contributed by atoms with Crippen molar-refractivity contribution in [3.8, 4) is 16.9 Å². The van der Waals surface area contributed by atoms with Gasteiger partial charge in [0.05, 0.1) is 7.11 Å². The smallest absolute Gasteiger partial charge is 0.343 e. The van der Waals surface area contributed by atoms with Gasteiger partial charge in [-0.3, -0.25) is 4.98 Å². The molecule has 2 aromatic rings. The molecule has 4 heteroatoms. The Hall–Kier alpha value is -2.36. The maximum Gasteiger partial charge on any atom is 0.343 e. The molecule has 1 aromatic heterocycles. The monoisotopic (exact) mass is 243 g/mol. The Morgan fingerprint density at radius 1 is 1.22 bits per heavy atom. The lowest BCUT2D eigenvalue weighted by molar-refractivity contribution is -0.142. The van der Waals surface area contributed by atoms with Crippen LogP contribution in [0.2, 0.25) is 0 Å². The van der Waals surface area contributed by atoms with E-state index in [4.69, 9.17) is 4.74 Å². The summed E-state index contributed by atoms with van der Waals surface area (Å²) in [5, 5.41) is 0. The Kier molecular flexibility index (Phi) is 3.91. The number of nitrogens with zero attached hydrogens (tertiary/aromatic N) is 1. The number of methoxy groups -OCH3 is 1. The minimum atomic E-state index is -0.406. The second kappa shape index (κ2) is 5.82. The van der Waals surface area contributed by atoms with E-state index in [0.29, 0.717) is 5.75 Å². The maximum atomic E-state index is 11.1. The van der Waals surface area contributed by atoms with E-state index in [1.165, 1.54) is 7.11 Å². The van der Waals surface area contributed by atoms with Crippen LogP contribution in [0.15, 0.2) is 48.8 Å². The minimum absolute atomic E-state index is 0.103. The SMILES string of the molecule is COC(=O)COc1ccccc1-c1cccnc1. The molecule has 0 saturated carbocycles. The van der Waals surface area contributed by atoms with Crippen molar-refractivity contribution in [3.05, 3.63) is 48.8 Å². The van der Waals surface area contributed by atoms with Crippen LogP contribution in [0.1, 0.15) is 0 Å². The Bertz CT molecular complexity index is 526. The second-order valence-electron chi connectivity index (χ2n) is 3.60. The van der Waals surface area contributed by atoms with Crippen LogP contribution in [-0.2, 0) is 9.53 Å². The molecular weight excluding hydrogens is 230 g/mol. The summed E-state index contributed by atoms with van der Waals surface area (Å²) < 4.78 is 9.98. The van der Waals surface area contributed by atoms with Crippen LogP contribution in [0.25, 0.3) is 11.1 Å². The summed E-state index contributed by atoms with van der Waals surface area (Å²) in [6.07, 6.45) is 3.46. The fourth-order valence-corrected chi connectivity index (χ4v) is 1.55. The number of hydrogen-bond acceptors (Lipinski definition) is 4. The van der Waals surface area contributed by atoms with Crippen molar-refractivity contribution >= 4 is 5.97 Å². The Balaban J connectivity index is 2.24. The van der Waals surface area contributed by atoms with Gasteiger partial charge in [-0.05, 0) is 12.1 Å². The van der Waals surface area contributed by atoms with Crippen molar-refractivity contribution in [2.75, 3.05) is 13.7 Å². The number of pyridine rings is 1. The van der Waals surface area contributed by atoms with E-state index in [0.717, 1.165) is 11.1 Å². The second-order valence-corrected chi connectivity index (χ2v) is 3.60. The molecule has 0 saturated heterocycles. The zero-order chi connectivity index (χ0) is 12.8. The van der Waals surface area contributed by atoms with Crippen molar-refractivity contribution in [1.82, 2.24) is 4.98 Å². The number of benzene rings is 1. The fraction of sp³-hybridized carbons (Fsp3) is 0.143. The largest absolute Gasteiger partial charge is 0.481 e. The van der Waals surface area contributed by atoms with Crippen molar-refractivity contribution < 1.29 is 14.3 Å². The van der Waals surface area contributed by atoms with Gasteiger partial charge in [0, 0.05) is 23.5 Å². The maximum absolute atomic E-state index is 11.1. The van der Waals surface area contributed by atoms with Crippen LogP contribution in [0.3, 0.4) is 0 Å². The molecule has 0 radical (unpaired) electrons.